The van der Waals surface area contributed by atoms with Crippen molar-refractivity contribution in [3.8, 4) is 0 Å². The Morgan fingerprint density at radius 2 is 1.91 bits per heavy atom. The summed E-state index contributed by atoms with van der Waals surface area (Å²) < 4.78 is 0.903. The Hall–Kier alpha value is -1.90. The van der Waals surface area contributed by atoms with Crippen molar-refractivity contribution in [2.45, 2.75) is 88.9 Å². The van der Waals surface area contributed by atoms with Gasteiger partial charge >= 0.3 is 5.15 Å². The lowest BCUT2D eigenvalue weighted by Gasteiger charge is -2.52. The predicted molar refractivity (Wildman–Crippen MR) is 127 cm³/mol. The molecule has 3 N–H and O–H groups in total. The van der Waals surface area contributed by atoms with Gasteiger partial charge in [0.15, 0.2) is 0 Å². The molecule has 0 bridgehead atoms. The molecule has 2 atom stereocenters. The topological polar surface area (TPSA) is 97.0 Å². The number of pyridine rings is 1. The number of nitrogens with one attached hydrogen (secondary N) is 1. The highest BCUT2D eigenvalue weighted by Crippen LogP contribution is 2.36. The van der Waals surface area contributed by atoms with Gasteiger partial charge in [-0.2, -0.15) is 0 Å². The first kappa shape index (κ1) is 25.2. The number of piperidine rings is 1. The zero-order valence-electron chi connectivity index (χ0n) is 20.1. The SMILES string of the molecule is CCCCN1C(=O)[C@@H]([C@H](O)C2CCCCC2)NC(=O)C12CCN(Cc1ccc(Cl)[n+](O)c1)CC2. The number of hydrogen-bond donors (Lipinski definition) is 3. The Morgan fingerprint density at radius 3 is 2.56 bits per heavy atom. The van der Waals surface area contributed by atoms with Crippen molar-refractivity contribution < 1.29 is 24.6 Å². The van der Waals surface area contributed by atoms with Crippen LogP contribution in [0.15, 0.2) is 18.3 Å². The molecular formula is C25H38ClN4O4+. The lowest BCUT2D eigenvalue weighted by molar-refractivity contribution is -0.903. The Bertz CT molecular complexity index is 884. The van der Waals surface area contributed by atoms with E-state index in [0.29, 0.717) is 39.0 Å². The average molecular weight is 494 g/mol. The first-order valence-corrected chi connectivity index (χ1v) is 13.2. The zero-order chi connectivity index (χ0) is 24.3. The van der Waals surface area contributed by atoms with E-state index in [9.17, 15) is 19.9 Å². The van der Waals surface area contributed by atoms with Gasteiger partial charge in [-0.15, -0.1) is 0 Å². The quantitative estimate of drug-likeness (QED) is 0.307. The Labute approximate surface area is 206 Å². The molecule has 2 saturated heterocycles. The second kappa shape index (κ2) is 10.8. The molecule has 0 radical (unpaired) electrons. The van der Waals surface area contributed by atoms with Crippen LogP contribution in [0.5, 0.6) is 0 Å². The number of nitrogens with zero attached hydrogens (tertiary/aromatic N) is 3. The van der Waals surface area contributed by atoms with Gasteiger partial charge in [-0.05, 0) is 55.7 Å². The van der Waals surface area contributed by atoms with E-state index >= 15 is 0 Å². The maximum Gasteiger partial charge on any atom is 0.325 e. The lowest BCUT2D eigenvalue weighted by atomic mass is 9.78. The molecule has 2 aliphatic heterocycles. The monoisotopic (exact) mass is 493 g/mol. The van der Waals surface area contributed by atoms with Crippen LogP contribution in [0, 0.1) is 5.92 Å². The van der Waals surface area contributed by atoms with Crippen molar-refractivity contribution in [2.75, 3.05) is 19.6 Å². The fourth-order valence-corrected chi connectivity index (χ4v) is 6.01. The van der Waals surface area contributed by atoms with Gasteiger partial charge in [0.25, 0.3) is 0 Å². The molecule has 2 amide bonds. The molecule has 1 aromatic rings. The normalized spacial score (nSPS) is 24.9. The zero-order valence-corrected chi connectivity index (χ0v) is 20.8. The summed E-state index contributed by atoms with van der Waals surface area (Å²) in [6, 6.07) is 2.69. The van der Waals surface area contributed by atoms with Gasteiger partial charge in [0, 0.05) is 42.5 Å². The second-order valence-corrected chi connectivity index (χ2v) is 10.6. The highest BCUT2D eigenvalue weighted by atomic mass is 35.5. The Kier molecular flexibility index (Phi) is 8.00. The van der Waals surface area contributed by atoms with Crippen molar-refractivity contribution in [1.29, 1.82) is 0 Å². The van der Waals surface area contributed by atoms with Gasteiger partial charge in [-0.1, -0.05) is 32.6 Å². The van der Waals surface area contributed by atoms with Gasteiger partial charge in [-0.25, -0.2) is 0 Å². The van der Waals surface area contributed by atoms with Crippen molar-refractivity contribution in [2.24, 2.45) is 5.92 Å². The molecule has 4 rings (SSSR count). The molecule has 8 nitrogen and oxygen atoms in total. The number of carbonyl (C=O) groups is 2. The number of likely N-dealkylation sites (tertiary alicyclic amines) is 1. The molecule has 1 aromatic heterocycles. The number of hydrogen-bond acceptors (Lipinski definition) is 5. The summed E-state index contributed by atoms with van der Waals surface area (Å²) in [5.74, 6) is -0.179. The van der Waals surface area contributed by atoms with Gasteiger partial charge in [0.1, 0.15) is 11.6 Å². The number of unbranched alkanes of at least 4 members (excludes halogenated alkanes) is 1. The maximum absolute atomic E-state index is 13.7. The van der Waals surface area contributed by atoms with E-state index in [-0.39, 0.29) is 22.9 Å². The fraction of sp³-hybridized carbons (Fsp3) is 0.720. The molecule has 9 heteroatoms. The molecule has 3 heterocycles. The number of aliphatic hydroxyl groups is 1. The molecule has 34 heavy (non-hydrogen) atoms. The number of aromatic nitrogens is 1. The minimum absolute atomic E-state index is 0.0700. The van der Waals surface area contributed by atoms with Crippen molar-refractivity contribution in [1.82, 2.24) is 15.1 Å². The van der Waals surface area contributed by atoms with Crippen LogP contribution in [0.1, 0.15) is 70.3 Å². The summed E-state index contributed by atoms with van der Waals surface area (Å²) in [6.07, 6.45) is 8.76. The summed E-state index contributed by atoms with van der Waals surface area (Å²) in [7, 11) is 0. The Morgan fingerprint density at radius 1 is 1.21 bits per heavy atom. The van der Waals surface area contributed by atoms with E-state index in [1.54, 1.807) is 17.2 Å². The van der Waals surface area contributed by atoms with Crippen LogP contribution in [0.25, 0.3) is 0 Å². The summed E-state index contributed by atoms with van der Waals surface area (Å²) in [5, 5.41) is 24.1. The third kappa shape index (κ3) is 5.04. The smallest absolute Gasteiger partial charge is 0.325 e. The molecule has 1 saturated carbocycles. The number of rotatable bonds is 7. The standard InChI is InChI=1S/C25H37ClN4O4/c1-2-3-13-29-23(32)21(22(31)19-7-5-4-6-8-19)27-24(33)25(29)11-14-28(15-12-25)16-18-9-10-20(26)30(34)17-18/h9-10,17,19,21-22,31H,2-8,11-16H2,1H3,(H-,27,33,34)/p+1/t21-,22-/m1/s1. The maximum atomic E-state index is 13.7. The van der Waals surface area contributed by atoms with Crippen molar-refractivity contribution in [3.63, 3.8) is 0 Å². The van der Waals surface area contributed by atoms with Gasteiger partial charge in [-0.3, -0.25) is 19.7 Å². The number of amides is 2. The van der Waals surface area contributed by atoms with Gasteiger partial charge in [0.05, 0.1) is 6.10 Å². The molecule has 1 aliphatic carbocycles. The second-order valence-electron chi connectivity index (χ2n) is 10.2. The van der Waals surface area contributed by atoms with Crippen LogP contribution in [0.2, 0.25) is 5.15 Å². The van der Waals surface area contributed by atoms with E-state index in [1.165, 1.54) is 6.42 Å². The van der Waals surface area contributed by atoms with Crippen LogP contribution in [0.4, 0.5) is 0 Å². The summed E-state index contributed by atoms with van der Waals surface area (Å²) in [5.41, 5.74) is 0.0631. The minimum Gasteiger partial charge on any atom is -0.390 e. The summed E-state index contributed by atoms with van der Waals surface area (Å²) in [6.45, 7) is 4.57. The van der Waals surface area contributed by atoms with Crippen LogP contribution in [-0.2, 0) is 16.1 Å². The van der Waals surface area contributed by atoms with Crippen LogP contribution >= 0.6 is 11.6 Å². The number of carbonyl (C=O) groups excluding carboxylic acids is 2. The van der Waals surface area contributed by atoms with Crippen molar-refractivity contribution >= 4 is 23.4 Å². The van der Waals surface area contributed by atoms with Gasteiger partial charge in [0.2, 0.25) is 18.0 Å². The molecule has 3 fully saturated rings. The largest absolute Gasteiger partial charge is 0.390 e. The van der Waals surface area contributed by atoms with E-state index in [2.05, 4.69) is 17.1 Å². The molecule has 0 unspecified atom stereocenters. The summed E-state index contributed by atoms with van der Waals surface area (Å²) in [4.78, 5) is 31.2. The third-order valence-electron chi connectivity index (χ3n) is 8.00. The van der Waals surface area contributed by atoms with Crippen LogP contribution < -0.4 is 10.0 Å². The van der Waals surface area contributed by atoms with E-state index in [4.69, 9.17) is 11.6 Å². The molecule has 1 spiro atoms. The third-order valence-corrected chi connectivity index (χ3v) is 8.30. The number of aliphatic hydroxyl groups excluding tert-OH is 1. The summed E-state index contributed by atoms with van der Waals surface area (Å²) >= 11 is 5.89. The molecule has 188 valence electrons. The van der Waals surface area contributed by atoms with Crippen molar-refractivity contribution in [3.05, 3.63) is 29.0 Å². The average Bonchev–Trinajstić information content (AvgIpc) is 2.85. The van der Waals surface area contributed by atoms with Crippen LogP contribution in [-0.4, -0.2) is 69.2 Å². The minimum atomic E-state index is -0.859. The van der Waals surface area contributed by atoms with Gasteiger partial charge < -0.3 is 15.3 Å². The Balaban J connectivity index is 1.47. The molecule has 3 aliphatic rings. The van der Waals surface area contributed by atoms with E-state index in [1.807, 2.05) is 6.07 Å². The lowest BCUT2D eigenvalue weighted by Crippen LogP contribution is -2.75. The molecule has 0 aromatic carbocycles. The fourth-order valence-electron chi connectivity index (χ4n) is 5.90. The highest BCUT2D eigenvalue weighted by molar-refractivity contribution is 6.28. The first-order valence-electron chi connectivity index (χ1n) is 12.8. The van der Waals surface area contributed by atoms with Crippen LogP contribution in [0.3, 0.4) is 0 Å². The molecular weight excluding hydrogens is 456 g/mol. The first-order chi connectivity index (χ1) is 16.4. The number of halogens is 1. The highest BCUT2D eigenvalue weighted by Gasteiger charge is 2.55. The van der Waals surface area contributed by atoms with E-state index in [0.717, 1.165) is 48.8 Å². The predicted octanol–water partition coefficient (Wildman–Crippen LogP) is 2.27. The number of piperazine rings is 1. The van der Waals surface area contributed by atoms with E-state index < -0.39 is 17.7 Å².